The van der Waals surface area contributed by atoms with Gasteiger partial charge in [-0.2, -0.15) is 0 Å². The van der Waals surface area contributed by atoms with E-state index in [1.165, 1.54) is 211 Å². The van der Waals surface area contributed by atoms with Crippen LogP contribution in [0.2, 0.25) is 0 Å². The molecule has 1 unspecified atom stereocenters. The van der Waals surface area contributed by atoms with E-state index in [1.54, 1.807) is 0 Å². The van der Waals surface area contributed by atoms with Crippen molar-refractivity contribution < 1.29 is 5.11 Å². The fraction of sp³-hybridized carbons (Fsp3) is 0.974. The molecule has 0 rings (SSSR count). The predicted octanol–water partition coefficient (Wildman–Crippen LogP) is 14.2. The minimum atomic E-state index is -0.201. The van der Waals surface area contributed by atoms with Crippen molar-refractivity contribution in [2.24, 2.45) is 0 Å². The topological polar surface area (TPSA) is 20.2 Å². The summed E-state index contributed by atoms with van der Waals surface area (Å²) in [5.74, 6) is 1.43. The molecule has 0 aromatic carbocycles. The molecule has 0 bridgehead atoms. The second-order valence-corrected chi connectivity index (χ2v) is 13.4. The highest BCUT2D eigenvalue weighted by atomic mass is 16.3. The number of aliphatic hydroxyl groups is 1. The normalized spacial score (nSPS) is 12.5. The lowest BCUT2D eigenvalue weighted by Gasteiger charge is -2.19. The van der Waals surface area contributed by atoms with Gasteiger partial charge < -0.3 is 5.11 Å². The molecule has 1 heteroatoms. The molecule has 0 aliphatic rings. The van der Waals surface area contributed by atoms with Gasteiger partial charge in [-0.15, -0.1) is 0 Å². The van der Waals surface area contributed by atoms with E-state index in [4.69, 9.17) is 0 Å². The first kappa shape index (κ1) is 40.0. The summed E-state index contributed by atoms with van der Waals surface area (Å²) in [7, 11) is 0. The zero-order valence-corrected chi connectivity index (χ0v) is 28.6. The average molecular weight is 564 g/mol. The van der Waals surface area contributed by atoms with Crippen LogP contribution in [0.25, 0.3) is 0 Å². The number of unbranched alkanes of at least 4 members (excludes halogenated alkanes) is 30. The summed E-state index contributed by atoms with van der Waals surface area (Å²) >= 11 is 0. The van der Waals surface area contributed by atoms with E-state index in [-0.39, 0.29) is 6.10 Å². The van der Waals surface area contributed by atoms with Crippen LogP contribution in [0.5, 0.6) is 0 Å². The summed E-state index contributed by atoms with van der Waals surface area (Å²) < 4.78 is 0. The van der Waals surface area contributed by atoms with Gasteiger partial charge in [-0.3, -0.25) is 0 Å². The number of aliphatic hydroxyl groups excluding tert-OH is 1. The molecule has 1 nitrogen and oxygen atoms in total. The van der Waals surface area contributed by atoms with Gasteiger partial charge in [0.05, 0.1) is 6.10 Å². The summed E-state index contributed by atoms with van der Waals surface area (Å²) in [6.45, 7) is 6.60. The molecular weight excluding hydrogens is 484 g/mol. The second-order valence-electron chi connectivity index (χ2n) is 13.4. The monoisotopic (exact) mass is 564 g/mol. The van der Waals surface area contributed by atoms with E-state index < -0.39 is 0 Å². The molecule has 40 heavy (non-hydrogen) atoms. The first-order valence-corrected chi connectivity index (χ1v) is 19.2. The third-order valence-corrected chi connectivity index (χ3v) is 9.29. The third kappa shape index (κ3) is 32.5. The van der Waals surface area contributed by atoms with Crippen LogP contribution >= 0.6 is 0 Å². The summed E-state index contributed by atoms with van der Waals surface area (Å²) in [6, 6.07) is 0. The molecule has 0 aromatic rings. The van der Waals surface area contributed by atoms with Gasteiger partial charge >= 0.3 is 0 Å². The maximum absolute atomic E-state index is 10.2. The summed E-state index contributed by atoms with van der Waals surface area (Å²) in [6.07, 6.45) is 47.8. The SMILES string of the molecule is CCCCCCCCCCCCCCCCCC[C](CCCCCCCCCCCCCCCCCC)C(C)O. The fourth-order valence-corrected chi connectivity index (χ4v) is 6.34. The highest BCUT2D eigenvalue weighted by Gasteiger charge is 2.14. The van der Waals surface area contributed by atoms with Crippen molar-refractivity contribution in [1.29, 1.82) is 0 Å². The lowest BCUT2D eigenvalue weighted by molar-refractivity contribution is 0.192. The third-order valence-electron chi connectivity index (χ3n) is 9.29. The van der Waals surface area contributed by atoms with Gasteiger partial charge in [0.2, 0.25) is 0 Å². The predicted molar refractivity (Wildman–Crippen MR) is 183 cm³/mol. The van der Waals surface area contributed by atoms with Crippen LogP contribution in [-0.2, 0) is 0 Å². The van der Waals surface area contributed by atoms with Crippen molar-refractivity contribution in [1.82, 2.24) is 0 Å². The molecular formula is C39H79O. The Hall–Kier alpha value is -0.0400. The maximum atomic E-state index is 10.2. The zero-order chi connectivity index (χ0) is 29.2. The van der Waals surface area contributed by atoms with Crippen LogP contribution in [0.3, 0.4) is 0 Å². The minimum Gasteiger partial charge on any atom is -0.393 e. The van der Waals surface area contributed by atoms with Crippen molar-refractivity contribution in [2.45, 2.75) is 245 Å². The highest BCUT2D eigenvalue weighted by molar-refractivity contribution is 4.94. The lowest BCUT2D eigenvalue weighted by Crippen LogP contribution is -2.14. The minimum absolute atomic E-state index is 0.201. The Morgan fingerprint density at radius 2 is 0.500 bits per heavy atom. The molecule has 0 amide bonds. The molecule has 0 spiro atoms. The number of rotatable bonds is 35. The molecule has 0 heterocycles. The number of hydrogen-bond acceptors (Lipinski definition) is 1. The molecule has 0 saturated heterocycles. The maximum Gasteiger partial charge on any atom is 0.0574 e. The van der Waals surface area contributed by atoms with Crippen molar-refractivity contribution in [2.75, 3.05) is 0 Å². The fourth-order valence-electron chi connectivity index (χ4n) is 6.34. The van der Waals surface area contributed by atoms with Crippen molar-refractivity contribution in [3.8, 4) is 0 Å². The quantitative estimate of drug-likeness (QED) is 0.0760. The van der Waals surface area contributed by atoms with Gasteiger partial charge in [-0.05, 0) is 19.8 Å². The Bertz CT molecular complexity index is 395. The average Bonchev–Trinajstić information content (AvgIpc) is 2.95. The van der Waals surface area contributed by atoms with Gasteiger partial charge in [0.25, 0.3) is 0 Å². The molecule has 1 radical (unpaired) electrons. The summed E-state index contributed by atoms with van der Waals surface area (Å²) in [5, 5.41) is 10.2. The molecule has 0 aliphatic carbocycles. The molecule has 0 saturated carbocycles. The van der Waals surface area contributed by atoms with Crippen LogP contribution in [0.1, 0.15) is 239 Å². The van der Waals surface area contributed by atoms with Crippen LogP contribution < -0.4 is 0 Å². The Balaban J connectivity index is 3.37. The standard InChI is InChI=1S/C39H79O/c1-4-6-8-10-12-14-16-18-20-22-24-26-28-30-32-34-36-39(38(3)40)37-35-33-31-29-27-25-23-21-19-17-15-13-11-9-7-5-2/h38,40H,4-37H2,1-3H3. The van der Waals surface area contributed by atoms with Crippen LogP contribution in [0.15, 0.2) is 0 Å². The number of hydrogen-bond donors (Lipinski definition) is 1. The van der Waals surface area contributed by atoms with Gasteiger partial charge in [-0.1, -0.05) is 219 Å². The van der Waals surface area contributed by atoms with E-state index in [1.807, 2.05) is 6.92 Å². The van der Waals surface area contributed by atoms with E-state index in [9.17, 15) is 5.11 Å². The lowest BCUT2D eigenvalue weighted by atomic mass is 9.90. The molecule has 0 aliphatic heterocycles. The molecule has 241 valence electrons. The van der Waals surface area contributed by atoms with E-state index in [0.29, 0.717) is 0 Å². The van der Waals surface area contributed by atoms with Crippen molar-refractivity contribution in [3.63, 3.8) is 0 Å². The molecule has 1 N–H and O–H groups in total. The van der Waals surface area contributed by atoms with Crippen LogP contribution in [0.4, 0.5) is 0 Å². The first-order chi connectivity index (χ1) is 19.7. The van der Waals surface area contributed by atoms with Gasteiger partial charge in [0, 0.05) is 5.92 Å². The van der Waals surface area contributed by atoms with E-state index >= 15 is 0 Å². The zero-order valence-electron chi connectivity index (χ0n) is 28.6. The van der Waals surface area contributed by atoms with E-state index in [0.717, 1.165) is 12.8 Å². The Kier molecular flexibility index (Phi) is 35.1. The summed E-state index contributed by atoms with van der Waals surface area (Å²) in [5.41, 5.74) is 0. The van der Waals surface area contributed by atoms with Crippen LogP contribution in [-0.4, -0.2) is 11.2 Å². The Morgan fingerprint density at radius 1 is 0.325 bits per heavy atom. The first-order valence-electron chi connectivity index (χ1n) is 19.2. The summed E-state index contributed by atoms with van der Waals surface area (Å²) in [4.78, 5) is 0. The van der Waals surface area contributed by atoms with Gasteiger partial charge in [-0.25, -0.2) is 0 Å². The highest BCUT2D eigenvalue weighted by Crippen LogP contribution is 2.24. The molecule has 0 aromatic heterocycles. The van der Waals surface area contributed by atoms with Gasteiger partial charge in [0.15, 0.2) is 0 Å². The smallest absolute Gasteiger partial charge is 0.0574 e. The Morgan fingerprint density at radius 3 is 0.675 bits per heavy atom. The Labute approximate surface area is 255 Å². The second kappa shape index (κ2) is 35.2. The molecule has 0 fully saturated rings. The largest absolute Gasteiger partial charge is 0.393 e. The van der Waals surface area contributed by atoms with Gasteiger partial charge in [0.1, 0.15) is 0 Å². The van der Waals surface area contributed by atoms with Crippen molar-refractivity contribution >= 4 is 0 Å². The van der Waals surface area contributed by atoms with E-state index in [2.05, 4.69) is 13.8 Å². The van der Waals surface area contributed by atoms with Crippen LogP contribution in [0, 0.1) is 5.92 Å². The van der Waals surface area contributed by atoms with Crippen molar-refractivity contribution in [3.05, 3.63) is 5.92 Å². The molecule has 1 atom stereocenters.